The Balaban J connectivity index is 0.00000242. The van der Waals surface area contributed by atoms with Gasteiger partial charge in [-0.2, -0.15) is 0 Å². The van der Waals surface area contributed by atoms with E-state index in [1.807, 2.05) is 38.2 Å². The lowest BCUT2D eigenvalue weighted by Crippen LogP contribution is -2.50. The van der Waals surface area contributed by atoms with Gasteiger partial charge in [-0.1, -0.05) is 29.8 Å². The molecule has 0 spiro atoms. The Morgan fingerprint density at radius 2 is 2.00 bits per heavy atom. The predicted molar refractivity (Wildman–Crippen MR) is 92.0 cm³/mol. The van der Waals surface area contributed by atoms with Crippen molar-refractivity contribution < 1.29 is 9.53 Å². The molecule has 2 rings (SSSR count). The molecule has 1 heterocycles. The minimum atomic E-state index is -0.579. The quantitative estimate of drug-likeness (QED) is 0.861. The van der Waals surface area contributed by atoms with E-state index in [2.05, 4.69) is 10.6 Å². The van der Waals surface area contributed by atoms with Crippen molar-refractivity contribution in [1.82, 2.24) is 10.6 Å². The first-order chi connectivity index (χ1) is 10.1. The second-order valence-electron chi connectivity index (χ2n) is 5.57. The van der Waals surface area contributed by atoms with E-state index in [1.54, 1.807) is 0 Å². The van der Waals surface area contributed by atoms with Crippen LogP contribution in [-0.4, -0.2) is 38.8 Å². The summed E-state index contributed by atoms with van der Waals surface area (Å²) in [5.74, 6) is 0.0426. The Bertz CT molecular complexity index is 491. The highest BCUT2D eigenvalue weighted by Crippen LogP contribution is 2.38. The van der Waals surface area contributed by atoms with Crippen LogP contribution in [0.15, 0.2) is 24.3 Å². The van der Waals surface area contributed by atoms with Gasteiger partial charge in [-0.3, -0.25) is 4.79 Å². The minimum Gasteiger partial charge on any atom is -0.381 e. The standard InChI is InChI=1S/C16H23ClN2O2.ClH/c1-12(18-2)11-19-15(20)16(7-9-21-10-8-16)13-5-3-4-6-14(13)17;/h3-6,12,18H,7-11H2,1-2H3,(H,19,20);1H. The van der Waals surface area contributed by atoms with Crippen LogP contribution in [0.1, 0.15) is 25.3 Å². The molecule has 22 heavy (non-hydrogen) atoms. The van der Waals surface area contributed by atoms with Crippen molar-refractivity contribution in [1.29, 1.82) is 0 Å². The average Bonchev–Trinajstić information content (AvgIpc) is 2.53. The Labute approximate surface area is 143 Å². The number of amides is 1. The summed E-state index contributed by atoms with van der Waals surface area (Å²) < 4.78 is 5.45. The molecule has 0 saturated carbocycles. The number of hydrogen-bond acceptors (Lipinski definition) is 3. The molecule has 1 saturated heterocycles. The lowest BCUT2D eigenvalue weighted by atomic mass is 9.73. The van der Waals surface area contributed by atoms with Crippen LogP contribution in [0.5, 0.6) is 0 Å². The summed E-state index contributed by atoms with van der Waals surface area (Å²) in [4.78, 5) is 12.8. The second-order valence-corrected chi connectivity index (χ2v) is 5.98. The van der Waals surface area contributed by atoms with E-state index >= 15 is 0 Å². The fraction of sp³-hybridized carbons (Fsp3) is 0.562. The Morgan fingerprint density at radius 3 is 2.59 bits per heavy atom. The number of hydrogen-bond donors (Lipinski definition) is 2. The van der Waals surface area contributed by atoms with Crippen LogP contribution >= 0.6 is 24.0 Å². The van der Waals surface area contributed by atoms with Gasteiger partial charge in [0.15, 0.2) is 0 Å². The van der Waals surface area contributed by atoms with Crippen LogP contribution in [0.25, 0.3) is 0 Å². The molecule has 1 aliphatic rings. The molecule has 1 aromatic carbocycles. The van der Waals surface area contributed by atoms with Crippen LogP contribution in [0.2, 0.25) is 5.02 Å². The molecular weight excluding hydrogens is 323 g/mol. The molecular formula is C16H24Cl2N2O2. The molecule has 4 nitrogen and oxygen atoms in total. The topological polar surface area (TPSA) is 50.4 Å². The number of carbonyl (C=O) groups is 1. The molecule has 0 aromatic heterocycles. The van der Waals surface area contributed by atoms with Crippen LogP contribution in [-0.2, 0) is 14.9 Å². The van der Waals surface area contributed by atoms with Gasteiger partial charge in [0, 0.05) is 30.8 Å². The summed E-state index contributed by atoms with van der Waals surface area (Å²) in [6.45, 7) is 3.80. The van der Waals surface area contributed by atoms with Gasteiger partial charge in [0.2, 0.25) is 5.91 Å². The van der Waals surface area contributed by atoms with Gasteiger partial charge in [-0.15, -0.1) is 12.4 Å². The van der Waals surface area contributed by atoms with Crippen LogP contribution in [0.4, 0.5) is 0 Å². The van der Waals surface area contributed by atoms with Gasteiger partial charge < -0.3 is 15.4 Å². The second kappa shape index (κ2) is 8.73. The summed E-state index contributed by atoms with van der Waals surface area (Å²) in [5, 5.41) is 6.82. The number of carbonyl (C=O) groups excluding carboxylic acids is 1. The highest BCUT2D eigenvalue weighted by molar-refractivity contribution is 6.31. The van der Waals surface area contributed by atoms with E-state index in [1.165, 1.54) is 0 Å². The fourth-order valence-electron chi connectivity index (χ4n) is 2.70. The molecule has 0 aliphatic carbocycles. The van der Waals surface area contributed by atoms with E-state index < -0.39 is 5.41 Å². The number of ether oxygens (including phenoxy) is 1. The maximum atomic E-state index is 12.8. The van der Waals surface area contributed by atoms with E-state index in [4.69, 9.17) is 16.3 Å². The monoisotopic (exact) mass is 346 g/mol. The number of rotatable bonds is 5. The molecule has 1 unspecified atom stereocenters. The molecule has 0 radical (unpaired) electrons. The third kappa shape index (κ3) is 4.13. The molecule has 6 heteroatoms. The lowest BCUT2D eigenvalue weighted by molar-refractivity contribution is -0.130. The van der Waals surface area contributed by atoms with Gasteiger partial charge in [-0.05, 0) is 38.4 Å². The third-order valence-corrected chi connectivity index (χ3v) is 4.56. The van der Waals surface area contributed by atoms with Crippen molar-refractivity contribution in [2.24, 2.45) is 0 Å². The van der Waals surface area contributed by atoms with Crippen molar-refractivity contribution in [3.63, 3.8) is 0 Å². The number of halogens is 2. The summed E-state index contributed by atoms with van der Waals surface area (Å²) in [6, 6.07) is 7.85. The fourth-order valence-corrected chi connectivity index (χ4v) is 3.02. The highest BCUT2D eigenvalue weighted by Gasteiger charge is 2.42. The zero-order valence-corrected chi connectivity index (χ0v) is 14.6. The van der Waals surface area contributed by atoms with Gasteiger partial charge in [0.05, 0.1) is 5.41 Å². The molecule has 1 amide bonds. The molecule has 1 aromatic rings. The SMILES string of the molecule is CNC(C)CNC(=O)C1(c2ccccc2Cl)CCOCC1.Cl. The molecule has 124 valence electrons. The lowest BCUT2D eigenvalue weighted by Gasteiger charge is -2.37. The summed E-state index contributed by atoms with van der Waals surface area (Å²) >= 11 is 6.35. The smallest absolute Gasteiger partial charge is 0.230 e. The van der Waals surface area contributed by atoms with E-state index in [9.17, 15) is 4.79 Å². The summed E-state index contributed by atoms with van der Waals surface area (Å²) in [7, 11) is 1.88. The zero-order valence-electron chi connectivity index (χ0n) is 13.0. The number of benzene rings is 1. The van der Waals surface area contributed by atoms with Gasteiger partial charge in [0.1, 0.15) is 0 Å². The Kier molecular flexibility index (Phi) is 7.63. The van der Waals surface area contributed by atoms with Crippen LogP contribution in [0.3, 0.4) is 0 Å². The summed E-state index contributed by atoms with van der Waals surface area (Å²) in [6.07, 6.45) is 1.33. The largest absolute Gasteiger partial charge is 0.381 e. The van der Waals surface area contributed by atoms with Crippen LogP contribution < -0.4 is 10.6 Å². The van der Waals surface area contributed by atoms with Gasteiger partial charge in [0.25, 0.3) is 0 Å². The first kappa shape index (κ1) is 19.2. The zero-order chi connectivity index (χ0) is 15.3. The van der Waals surface area contributed by atoms with Gasteiger partial charge >= 0.3 is 0 Å². The Hall–Kier alpha value is -0.810. The maximum Gasteiger partial charge on any atom is 0.230 e. The maximum absolute atomic E-state index is 12.8. The van der Waals surface area contributed by atoms with Crippen molar-refractivity contribution >= 4 is 29.9 Å². The number of nitrogens with one attached hydrogen (secondary N) is 2. The molecule has 1 atom stereocenters. The first-order valence-corrected chi connectivity index (χ1v) is 7.76. The molecule has 1 aliphatic heterocycles. The third-order valence-electron chi connectivity index (χ3n) is 4.23. The van der Waals surface area contributed by atoms with Crippen molar-refractivity contribution in [3.8, 4) is 0 Å². The minimum absolute atomic E-state index is 0. The first-order valence-electron chi connectivity index (χ1n) is 7.38. The van der Waals surface area contributed by atoms with E-state index in [0.717, 1.165) is 5.56 Å². The molecule has 0 bridgehead atoms. The van der Waals surface area contributed by atoms with Crippen molar-refractivity contribution in [2.45, 2.75) is 31.2 Å². The molecule has 1 fully saturated rings. The normalized spacial score (nSPS) is 18.1. The van der Waals surface area contributed by atoms with Crippen molar-refractivity contribution in [3.05, 3.63) is 34.9 Å². The number of likely N-dealkylation sites (N-methyl/N-ethyl adjacent to an activating group) is 1. The van der Waals surface area contributed by atoms with Crippen LogP contribution in [0, 0.1) is 0 Å². The summed E-state index contributed by atoms with van der Waals surface area (Å²) in [5.41, 5.74) is 0.328. The molecule has 2 N–H and O–H groups in total. The van der Waals surface area contributed by atoms with E-state index in [0.29, 0.717) is 37.6 Å². The average molecular weight is 347 g/mol. The predicted octanol–water partition coefficient (Wildman–Crippen LogP) is 2.53. The van der Waals surface area contributed by atoms with Gasteiger partial charge in [-0.25, -0.2) is 0 Å². The van der Waals surface area contributed by atoms with E-state index in [-0.39, 0.29) is 24.4 Å². The Morgan fingerprint density at radius 1 is 1.36 bits per heavy atom. The van der Waals surface area contributed by atoms with Crippen molar-refractivity contribution in [2.75, 3.05) is 26.8 Å². The highest BCUT2D eigenvalue weighted by atomic mass is 35.5.